The minimum absolute atomic E-state index is 0. The van der Waals surface area contributed by atoms with Crippen molar-refractivity contribution in [1.82, 2.24) is 0 Å². The van der Waals surface area contributed by atoms with Crippen LogP contribution in [-0.4, -0.2) is 39.7 Å². The molecule has 2 aromatic carbocycles. The van der Waals surface area contributed by atoms with Gasteiger partial charge in [-0.2, -0.15) is 0 Å². The zero-order chi connectivity index (χ0) is 14.1. The Morgan fingerprint density at radius 3 is 1.48 bits per heavy atom. The van der Waals surface area contributed by atoms with E-state index in [1.807, 2.05) is 0 Å². The maximum absolute atomic E-state index is 2.37. The third kappa shape index (κ3) is 3.41. The highest BCUT2D eigenvalue weighted by atomic mass is 127. The molecule has 112 valence electrons. The van der Waals surface area contributed by atoms with Gasteiger partial charge >= 0.3 is 0 Å². The first-order valence-electron chi connectivity index (χ1n) is 7.56. The largest absolute Gasteiger partial charge is 1.00 e. The Balaban J connectivity index is 0.00000161. The molecule has 0 N–H and O–H groups in total. The monoisotopic (exact) mass is 409 g/mol. The molecule has 21 heavy (non-hydrogen) atoms. The average Bonchev–Trinajstić information content (AvgIpc) is 2.50. The van der Waals surface area contributed by atoms with Crippen molar-refractivity contribution in [3.63, 3.8) is 0 Å². The number of hydrogen-bond acceptors (Lipinski definition) is 0. The molecular formula is C18H24INSi. The van der Waals surface area contributed by atoms with E-state index in [4.69, 9.17) is 0 Å². The Kier molecular flexibility index (Phi) is 5.27. The summed E-state index contributed by atoms with van der Waals surface area (Å²) in [4.78, 5) is 0. The van der Waals surface area contributed by atoms with Crippen molar-refractivity contribution in [2.24, 2.45) is 0 Å². The Hall–Kier alpha value is -0.653. The molecule has 0 bridgehead atoms. The Morgan fingerprint density at radius 1 is 0.714 bits per heavy atom. The van der Waals surface area contributed by atoms with Gasteiger partial charge in [-0.15, -0.1) is 0 Å². The zero-order valence-corrected chi connectivity index (χ0v) is 16.1. The van der Waals surface area contributed by atoms with E-state index >= 15 is 0 Å². The SMILES string of the molecule is C[N+]1(C)CC[Si](c2ccccc2)(c2ccccc2)CC1.[I-]. The van der Waals surface area contributed by atoms with Gasteiger partial charge in [0.2, 0.25) is 0 Å². The fourth-order valence-electron chi connectivity index (χ4n) is 3.48. The highest BCUT2D eigenvalue weighted by Gasteiger charge is 2.43. The summed E-state index contributed by atoms with van der Waals surface area (Å²) in [6.07, 6.45) is 0. The van der Waals surface area contributed by atoms with Gasteiger partial charge in [0.1, 0.15) is 8.07 Å². The average molecular weight is 409 g/mol. The molecule has 0 spiro atoms. The Morgan fingerprint density at radius 2 is 1.10 bits per heavy atom. The molecule has 1 heterocycles. The molecule has 0 amide bonds. The Bertz CT molecular complexity index is 517. The third-order valence-electron chi connectivity index (χ3n) is 4.94. The van der Waals surface area contributed by atoms with Gasteiger partial charge in [0.25, 0.3) is 0 Å². The molecule has 1 nitrogen and oxygen atoms in total. The van der Waals surface area contributed by atoms with Gasteiger partial charge in [-0.05, 0) is 0 Å². The first kappa shape index (κ1) is 16.7. The van der Waals surface area contributed by atoms with Gasteiger partial charge in [0.15, 0.2) is 0 Å². The molecule has 1 saturated heterocycles. The Labute approximate surface area is 146 Å². The molecular weight excluding hydrogens is 385 g/mol. The normalized spacial score (nSPS) is 19.5. The zero-order valence-electron chi connectivity index (χ0n) is 12.9. The minimum atomic E-state index is -1.54. The van der Waals surface area contributed by atoms with E-state index in [0.29, 0.717) is 0 Å². The van der Waals surface area contributed by atoms with Crippen LogP contribution in [0.1, 0.15) is 0 Å². The molecule has 0 saturated carbocycles. The van der Waals surface area contributed by atoms with Gasteiger partial charge in [0.05, 0.1) is 27.2 Å². The summed E-state index contributed by atoms with van der Waals surface area (Å²) < 4.78 is 1.18. The molecule has 0 unspecified atom stereocenters. The van der Waals surface area contributed by atoms with E-state index < -0.39 is 8.07 Å². The van der Waals surface area contributed by atoms with Crippen molar-refractivity contribution in [2.75, 3.05) is 27.2 Å². The van der Waals surface area contributed by atoms with Gasteiger partial charge < -0.3 is 28.5 Å². The van der Waals surface area contributed by atoms with Crippen LogP contribution in [0.4, 0.5) is 0 Å². The van der Waals surface area contributed by atoms with Gasteiger partial charge in [0, 0.05) is 12.1 Å². The van der Waals surface area contributed by atoms with Crippen molar-refractivity contribution < 1.29 is 28.5 Å². The molecule has 1 fully saturated rings. The number of nitrogens with zero attached hydrogens (tertiary/aromatic N) is 1. The molecule has 0 aliphatic carbocycles. The summed E-state index contributed by atoms with van der Waals surface area (Å²) in [5.41, 5.74) is 0. The van der Waals surface area contributed by atoms with E-state index in [9.17, 15) is 0 Å². The first-order chi connectivity index (χ1) is 9.62. The fourth-order valence-corrected chi connectivity index (χ4v) is 8.86. The maximum Gasteiger partial charge on any atom is 0.129 e. The number of halogens is 1. The lowest BCUT2D eigenvalue weighted by atomic mass is 10.4. The summed E-state index contributed by atoms with van der Waals surface area (Å²) in [5.74, 6) is 0. The van der Waals surface area contributed by atoms with Gasteiger partial charge in [-0.3, -0.25) is 0 Å². The van der Waals surface area contributed by atoms with E-state index in [2.05, 4.69) is 74.8 Å². The minimum Gasteiger partial charge on any atom is -1.00 e. The van der Waals surface area contributed by atoms with Crippen molar-refractivity contribution in [1.29, 1.82) is 0 Å². The summed E-state index contributed by atoms with van der Waals surface area (Å²) in [6.45, 7) is 2.60. The maximum atomic E-state index is 2.37. The molecule has 1 aliphatic heterocycles. The fraction of sp³-hybridized carbons (Fsp3) is 0.333. The standard InChI is InChI=1S/C18H24NSi.HI/c1-19(2)13-15-20(16-14-19,17-9-5-3-6-10-17)18-11-7-4-8-12-18;/h3-12H,13-16H2,1-2H3;1H/q+1;/p-1. The van der Waals surface area contributed by atoms with Crippen LogP contribution in [0.25, 0.3) is 0 Å². The molecule has 2 aromatic rings. The summed E-state index contributed by atoms with van der Waals surface area (Å²) >= 11 is 0. The second kappa shape index (κ2) is 6.63. The van der Waals surface area contributed by atoms with E-state index in [1.165, 1.54) is 29.7 Å². The molecule has 3 heteroatoms. The topological polar surface area (TPSA) is 0 Å². The molecule has 0 radical (unpaired) electrons. The number of benzene rings is 2. The number of hydrogen-bond donors (Lipinski definition) is 0. The summed E-state index contributed by atoms with van der Waals surface area (Å²) in [5, 5.41) is 3.23. The van der Waals surface area contributed by atoms with Crippen molar-refractivity contribution in [3.05, 3.63) is 60.7 Å². The van der Waals surface area contributed by atoms with Crippen LogP contribution in [0.3, 0.4) is 0 Å². The van der Waals surface area contributed by atoms with E-state index in [-0.39, 0.29) is 24.0 Å². The van der Waals surface area contributed by atoms with E-state index in [1.54, 1.807) is 10.4 Å². The van der Waals surface area contributed by atoms with E-state index in [0.717, 1.165) is 0 Å². The van der Waals surface area contributed by atoms with Crippen LogP contribution in [0.2, 0.25) is 12.1 Å². The summed E-state index contributed by atoms with van der Waals surface area (Å²) in [7, 11) is 3.20. The molecule has 0 atom stereocenters. The first-order valence-corrected chi connectivity index (χ1v) is 9.97. The number of quaternary nitrogens is 1. The third-order valence-corrected chi connectivity index (χ3v) is 9.97. The van der Waals surface area contributed by atoms with Gasteiger partial charge in [-0.1, -0.05) is 71.0 Å². The lowest BCUT2D eigenvalue weighted by Crippen LogP contribution is -3.00. The number of rotatable bonds is 2. The van der Waals surface area contributed by atoms with Crippen LogP contribution >= 0.6 is 0 Å². The van der Waals surface area contributed by atoms with Gasteiger partial charge in [-0.25, -0.2) is 0 Å². The second-order valence-corrected chi connectivity index (χ2v) is 11.0. The molecule has 3 rings (SSSR count). The van der Waals surface area contributed by atoms with Crippen molar-refractivity contribution in [3.8, 4) is 0 Å². The van der Waals surface area contributed by atoms with Crippen LogP contribution < -0.4 is 34.4 Å². The van der Waals surface area contributed by atoms with Crippen LogP contribution in [0.15, 0.2) is 60.7 Å². The highest BCUT2D eigenvalue weighted by Crippen LogP contribution is 2.25. The van der Waals surface area contributed by atoms with Crippen LogP contribution in [0, 0.1) is 0 Å². The smallest absolute Gasteiger partial charge is 0.129 e. The second-order valence-electron chi connectivity index (χ2n) is 6.70. The predicted octanol–water partition coefficient (Wildman–Crippen LogP) is -0.656. The lowest BCUT2D eigenvalue weighted by molar-refractivity contribution is -0.888. The van der Waals surface area contributed by atoms with Crippen molar-refractivity contribution in [2.45, 2.75) is 12.1 Å². The molecule has 0 aromatic heterocycles. The summed E-state index contributed by atoms with van der Waals surface area (Å²) in [6, 6.07) is 25.3. The quantitative estimate of drug-likeness (QED) is 0.351. The predicted molar refractivity (Wildman–Crippen MR) is 89.4 cm³/mol. The van der Waals surface area contributed by atoms with Crippen LogP contribution in [0.5, 0.6) is 0 Å². The lowest BCUT2D eigenvalue weighted by Gasteiger charge is -2.44. The highest BCUT2D eigenvalue weighted by molar-refractivity contribution is 7.02. The van der Waals surface area contributed by atoms with Crippen LogP contribution in [-0.2, 0) is 0 Å². The van der Waals surface area contributed by atoms with Crippen molar-refractivity contribution >= 4 is 18.4 Å². The molecule has 1 aliphatic rings.